The standard InChI is InChI=1S/C23H30N2O3/c1-15(2)19-9-7-8-16(3)20(19)25-22(27)23(4,5)21(26)24-14-17-10-12-18(28-6)13-11-17/h7-13,15H,14H2,1-6H3,(H,24,26)(H,25,27). The molecule has 0 bridgehead atoms. The maximum atomic E-state index is 12.9. The Labute approximate surface area is 167 Å². The molecule has 0 atom stereocenters. The van der Waals surface area contributed by atoms with Crippen molar-refractivity contribution in [2.24, 2.45) is 5.41 Å². The van der Waals surface area contributed by atoms with Gasteiger partial charge in [-0.3, -0.25) is 9.59 Å². The molecule has 2 rings (SSSR count). The third-order valence-corrected chi connectivity index (χ3v) is 4.91. The predicted octanol–water partition coefficient (Wildman–Crippen LogP) is 4.41. The van der Waals surface area contributed by atoms with Crippen molar-refractivity contribution in [3.63, 3.8) is 0 Å². The Balaban J connectivity index is 2.08. The number of ether oxygens (including phenoxy) is 1. The molecule has 0 spiro atoms. The van der Waals surface area contributed by atoms with Gasteiger partial charge >= 0.3 is 0 Å². The second kappa shape index (κ2) is 8.91. The molecular formula is C23H30N2O3. The highest BCUT2D eigenvalue weighted by atomic mass is 16.5. The fraction of sp³-hybridized carbons (Fsp3) is 0.391. The molecule has 5 heteroatoms. The minimum Gasteiger partial charge on any atom is -0.497 e. The number of aryl methyl sites for hydroxylation is 1. The first-order valence-corrected chi connectivity index (χ1v) is 9.49. The fourth-order valence-electron chi connectivity index (χ4n) is 2.86. The van der Waals surface area contributed by atoms with Crippen molar-refractivity contribution in [1.82, 2.24) is 5.32 Å². The zero-order valence-corrected chi connectivity index (χ0v) is 17.6. The van der Waals surface area contributed by atoms with Crippen LogP contribution >= 0.6 is 0 Å². The van der Waals surface area contributed by atoms with Crippen molar-refractivity contribution in [2.75, 3.05) is 12.4 Å². The van der Waals surface area contributed by atoms with E-state index in [-0.39, 0.29) is 17.7 Å². The number of rotatable bonds is 7. The molecule has 0 aliphatic heterocycles. The molecule has 0 aliphatic rings. The number of benzene rings is 2. The van der Waals surface area contributed by atoms with E-state index < -0.39 is 5.41 Å². The molecule has 0 heterocycles. The van der Waals surface area contributed by atoms with Crippen LogP contribution in [0, 0.1) is 12.3 Å². The van der Waals surface area contributed by atoms with E-state index in [4.69, 9.17) is 4.74 Å². The molecule has 2 aromatic rings. The molecule has 2 aromatic carbocycles. The molecule has 0 fully saturated rings. The summed E-state index contributed by atoms with van der Waals surface area (Å²) in [5.41, 5.74) is 2.56. The average Bonchev–Trinajstić information content (AvgIpc) is 2.67. The summed E-state index contributed by atoms with van der Waals surface area (Å²) < 4.78 is 5.13. The number of nitrogens with one attached hydrogen (secondary N) is 2. The second-order valence-electron chi connectivity index (χ2n) is 7.80. The molecule has 0 aromatic heterocycles. The van der Waals surface area contributed by atoms with Crippen molar-refractivity contribution in [2.45, 2.75) is 47.1 Å². The van der Waals surface area contributed by atoms with E-state index >= 15 is 0 Å². The van der Waals surface area contributed by atoms with Gasteiger partial charge in [0.15, 0.2) is 0 Å². The first-order chi connectivity index (χ1) is 13.2. The normalized spacial score (nSPS) is 11.2. The van der Waals surface area contributed by atoms with Crippen LogP contribution in [0.2, 0.25) is 0 Å². The Hall–Kier alpha value is -2.82. The van der Waals surface area contributed by atoms with Gasteiger partial charge in [0, 0.05) is 12.2 Å². The van der Waals surface area contributed by atoms with Gasteiger partial charge in [0.2, 0.25) is 11.8 Å². The topological polar surface area (TPSA) is 67.4 Å². The summed E-state index contributed by atoms with van der Waals surface area (Å²) in [5, 5.41) is 5.83. The van der Waals surface area contributed by atoms with Gasteiger partial charge in [0.25, 0.3) is 0 Å². The predicted molar refractivity (Wildman–Crippen MR) is 113 cm³/mol. The van der Waals surface area contributed by atoms with Gasteiger partial charge in [-0.2, -0.15) is 0 Å². The lowest BCUT2D eigenvalue weighted by Crippen LogP contribution is -2.45. The lowest BCUT2D eigenvalue weighted by molar-refractivity contribution is -0.138. The van der Waals surface area contributed by atoms with Crippen LogP contribution in [0.3, 0.4) is 0 Å². The van der Waals surface area contributed by atoms with E-state index in [0.717, 1.165) is 28.1 Å². The van der Waals surface area contributed by atoms with Crippen molar-refractivity contribution in [3.05, 3.63) is 59.2 Å². The number of anilines is 1. The highest BCUT2D eigenvalue weighted by molar-refractivity contribution is 6.10. The van der Waals surface area contributed by atoms with Gasteiger partial charge in [-0.1, -0.05) is 44.2 Å². The Morgan fingerprint density at radius 1 is 1.04 bits per heavy atom. The van der Waals surface area contributed by atoms with Gasteiger partial charge in [-0.05, 0) is 55.5 Å². The zero-order chi connectivity index (χ0) is 20.9. The number of methoxy groups -OCH3 is 1. The number of carbonyl (C=O) groups is 2. The first kappa shape index (κ1) is 21.5. The lowest BCUT2D eigenvalue weighted by atomic mass is 9.90. The smallest absolute Gasteiger partial charge is 0.239 e. The van der Waals surface area contributed by atoms with Crippen LogP contribution in [0.25, 0.3) is 0 Å². The van der Waals surface area contributed by atoms with Crippen LogP contribution in [0.4, 0.5) is 5.69 Å². The molecule has 0 aliphatic carbocycles. The summed E-state index contributed by atoms with van der Waals surface area (Å²) in [4.78, 5) is 25.6. The van der Waals surface area contributed by atoms with E-state index in [9.17, 15) is 9.59 Å². The second-order valence-corrected chi connectivity index (χ2v) is 7.80. The van der Waals surface area contributed by atoms with Gasteiger partial charge in [0.05, 0.1) is 7.11 Å². The van der Waals surface area contributed by atoms with E-state index in [1.54, 1.807) is 21.0 Å². The molecule has 28 heavy (non-hydrogen) atoms. The van der Waals surface area contributed by atoms with E-state index in [2.05, 4.69) is 24.5 Å². The molecule has 5 nitrogen and oxygen atoms in total. The molecule has 0 saturated carbocycles. The lowest BCUT2D eigenvalue weighted by Gasteiger charge is -2.25. The summed E-state index contributed by atoms with van der Waals surface area (Å²) in [6.45, 7) is 9.74. The summed E-state index contributed by atoms with van der Waals surface area (Å²) in [7, 11) is 1.61. The van der Waals surface area contributed by atoms with Crippen molar-refractivity contribution in [1.29, 1.82) is 0 Å². The number of carbonyl (C=O) groups excluding carboxylic acids is 2. The van der Waals surface area contributed by atoms with Crippen molar-refractivity contribution < 1.29 is 14.3 Å². The van der Waals surface area contributed by atoms with Crippen molar-refractivity contribution in [3.8, 4) is 5.75 Å². The number of amides is 2. The van der Waals surface area contributed by atoms with Crippen LogP contribution in [-0.2, 0) is 16.1 Å². The summed E-state index contributed by atoms with van der Waals surface area (Å²) in [5.74, 6) is 0.382. The van der Waals surface area contributed by atoms with Gasteiger partial charge in [-0.25, -0.2) is 0 Å². The Kier molecular flexibility index (Phi) is 6.84. The van der Waals surface area contributed by atoms with Crippen LogP contribution in [-0.4, -0.2) is 18.9 Å². The maximum Gasteiger partial charge on any atom is 0.239 e. The number of para-hydroxylation sites is 1. The van der Waals surface area contributed by atoms with Gasteiger partial charge in [0.1, 0.15) is 11.2 Å². The summed E-state index contributed by atoms with van der Waals surface area (Å²) in [6, 6.07) is 13.4. The van der Waals surface area contributed by atoms with Crippen molar-refractivity contribution >= 4 is 17.5 Å². The molecule has 2 N–H and O–H groups in total. The third-order valence-electron chi connectivity index (χ3n) is 4.91. The van der Waals surface area contributed by atoms with E-state index in [0.29, 0.717) is 6.54 Å². The summed E-state index contributed by atoms with van der Waals surface area (Å²) >= 11 is 0. The molecule has 2 amide bonds. The Morgan fingerprint density at radius 2 is 1.68 bits per heavy atom. The van der Waals surface area contributed by atoms with Gasteiger partial charge in [-0.15, -0.1) is 0 Å². The minimum absolute atomic E-state index is 0.266. The average molecular weight is 383 g/mol. The Morgan fingerprint density at radius 3 is 2.25 bits per heavy atom. The third kappa shape index (κ3) is 4.91. The number of hydrogen-bond acceptors (Lipinski definition) is 3. The molecule has 0 saturated heterocycles. The van der Waals surface area contributed by atoms with E-state index in [1.165, 1.54) is 0 Å². The van der Waals surface area contributed by atoms with Crippen LogP contribution in [0.15, 0.2) is 42.5 Å². The van der Waals surface area contributed by atoms with E-state index in [1.807, 2.05) is 49.4 Å². The summed E-state index contributed by atoms with van der Waals surface area (Å²) in [6.07, 6.45) is 0. The minimum atomic E-state index is -1.21. The quantitative estimate of drug-likeness (QED) is 0.697. The zero-order valence-electron chi connectivity index (χ0n) is 17.6. The molecule has 0 unspecified atom stereocenters. The van der Waals surface area contributed by atoms with Crippen LogP contribution in [0.1, 0.15) is 50.3 Å². The highest BCUT2D eigenvalue weighted by Gasteiger charge is 2.36. The monoisotopic (exact) mass is 382 g/mol. The molecular weight excluding hydrogens is 352 g/mol. The fourth-order valence-corrected chi connectivity index (χ4v) is 2.86. The maximum absolute atomic E-state index is 12.9. The molecule has 150 valence electrons. The highest BCUT2D eigenvalue weighted by Crippen LogP contribution is 2.29. The largest absolute Gasteiger partial charge is 0.497 e. The SMILES string of the molecule is COc1ccc(CNC(=O)C(C)(C)C(=O)Nc2c(C)cccc2C(C)C)cc1. The van der Waals surface area contributed by atoms with Gasteiger partial charge < -0.3 is 15.4 Å². The molecule has 0 radical (unpaired) electrons. The Bertz CT molecular complexity index is 839. The van der Waals surface area contributed by atoms with Crippen LogP contribution < -0.4 is 15.4 Å². The van der Waals surface area contributed by atoms with Crippen LogP contribution in [0.5, 0.6) is 5.75 Å². The first-order valence-electron chi connectivity index (χ1n) is 9.49. The number of hydrogen-bond donors (Lipinski definition) is 2.